The number of furan rings is 1. The molecule has 0 amide bonds. The zero-order valence-electron chi connectivity index (χ0n) is 8.17. The third kappa shape index (κ3) is 1.55. The van der Waals surface area contributed by atoms with Crippen LogP contribution in [0, 0.1) is 19.7 Å². The molecule has 0 unspecified atom stereocenters. The fourth-order valence-corrected chi connectivity index (χ4v) is 1.38. The van der Waals surface area contributed by atoms with Crippen LogP contribution in [0.15, 0.2) is 34.7 Å². The zero-order valence-corrected chi connectivity index (χ0v) is 8.17. The van der Waals surface area contributed by atoms with Crippen LogP contribution < -0.4 is 0 Å². The molecule has 2 heteroatoms. The van der Waals surface area contributed by atoms with E-state index in [0.717, 1.165) is 11.1 Å². The second-order valence-electron chi connectivity index (χ2n) is 3.40. The van der Waals surface area contributed by atoms with Gasteiger partial charge in [0, 0.05) is 11.6 Å². The van der Waals surface area contributed by atoms with Crippen LogP contribution in [0.25, 0.3) is 11.3 Å². The van der Waals surface area contributed by atoms with Crippen molar-refractivity contribution in [3.63, 3.8) is 0 Å². The fourth-order valence-electron chi connectivity index (χ4n) is 1.38. The van der Waals surface area contributed by atoms with Crippen molar-refractivity contribution < 1.29 is 8.81 Å². The molecular weight excluding hydrogens is 179 g/mol. The Hall–Kier alpha value is -1.57. The van der Waals surface area contributed by atoms with Crippen molar-refractivity contribution in [2.45, 2.75) is 13.8 Å². The maximum Gasteiger partial charge on any atom is 0.169 e. The van der Waals surface area contributed by atoms with Crippen LogP contribution in [0.2, 0.25) is 0 Å². The molecule has 0 aliphatic carbocycles. The molecule has 0 atom stereocenters. The summed E-state index contributed by atoms with van der Waals surface area (Å²) in [5, 5.41) is 0. The first-order valence-corrected chi connectivity index (χ1v) is 4.50. The van der Waals surface area contributed by atoms with Crippen LogP contribution in [-0.4, -0.2) is 0 Å². The summed E-state index contributed by atoms with van der Waals surface area (Å²) in [6.07, 6.45) is 0. The predicted molar refractivity (Wildman–Crippen MR) is 53.6 cm³/mol. The van der Waals surface area contributed by atoms with E-state index in [1.54, 1.807) is 6.92 Å². The van der Waals surface area contributed by atoms with Gasteiger partial charge in [0.1, 0.15) is 5.76 Å². The third-order valence-corrected chi connectivity index (χ3v) is 2.12. The van der Waals surface area contributed by atoms with Crippen LogP contribution in [-0.2, 0) is 0 Å². The van der Waals surface area contributed by atoms with E-state index < -0.39 is 0 Å². The van der Waals surface area contributed by atoms with Crippen LogP contribution in [0.3, 0.4) is 0 Å². The fraction of sp³-hybridized carbons (Fsp3) is 0.167. The van der Waals surface area contributed by atoms with Crippen LogP contribution >= 0.6 is 0 Å². The third-order valence-electron chi connectivity index (χ3n) is 2.12. The summed E-state index contributed by atoms with van der Waals surface area (Å²) < 4.78 is 18.6. The van der Waals surface area contributed by atoms with Crippen molar-refractivity contribution in [1.82, 2.24) is 0 Å². The quantitative estimate of drug-likeness (QED) is 0.668. The standard InChI is InChI=1S/C12H11FO/c1-8-3-5-10(6-4-8)12-11(13)7-9(2)14-12/h3-7H,1-2H3. The molecule has 14 heavy (non-hydrogen) atoms. The van der Waals surface area contributed by atoms with Gasteiger partial charge in [-0.05, 0) is 13.8 Å². The summed E-state index contributed by atoms with van der Waals surface area (Å²) >= 11 is 0. The minimum atomic E-state index is -0.300. The van der Waals surface area contributed by atoms with Gasteiger partial charge in [0.2, 0.25) is 0 Å². The van der Waals surface area contributed by atoms with Crippen molar-refractivity contribution in [3.8, 4) is 11.3 Å². The average Bonchev–Trinajstić information content (AvgIpc) is 2.47. The molecule has 0 aliphatic rings. The monoisotopic (exact) mass is 190 g/mol. The lowest BCUT2D eigenvalue weighted by atomic mass is 10.1. The minimum Gasteiger partial charge on any atom is -0.458 e. The first kappa shape index (κ1) is 9.00. The maximum atomic E-state index is 13.3. The Morgan fingerprint density at radius 1 is 1.07 bits per heavy atom. The minimum absolute atomic E-state index is 0.300. The average molecular weight is 190 g/mol. The van der Waals surface area contributed by atoms with E-state index in [2.05, 4.69) is 0 Å². The van der Waals surface area contributed by atoms with E-state index in [9.17, 15) is 4.39 Å². The van der Waals surface area contributed by atoms with Gasteiger partial charge in [-0.25, -0.2) is 4.39 Å². The van der Waals surface area contributed by atoms with Crippen molar-refractivity contribution >= 4 is 0 Å². The lowest BCUT2D eigenvalue weighted by Gasteiger charge is -1.97. The molecule has 1 aromatic carbocycles. The number of hydrogen-bond acceptors (Lipinski definition) is 1. The lowest BCUT2D eigenvalue weighted by molar-refractivity contribution is 0.527. The molecule has 0 fully saturated rings. The van der Waals surface area contributed by atoms with Crippen molar-refractivity contribution in [3.05, 3.63) is 47.5 Å². The maximum absolute atomic E-state index is 13.3. The highest BCUT2D eigenvalue weighted by molar-refractivity contribution is 5.58. The highest BCUT2D eigenvalue weighted by Gasteiger charge is 2.10. The molecule has 0 spiro atoms. The van der Waals surface area contributed by atoms with E-state index in [1.165, 1.54) is 6.07 Å². The Kier molecular flexibility index (Phi) is 2.12. The number of halogens is 1. The molecule has 0 saturated heterocycles. The van der Waals surface area contributed by atoms with E-state index in [0.29, 0.717) is 11.5 Å². The summed E-state index contributed by atoms with van der Waals surface area (Å²) in [7, 11) is 0. The van der Waals surface area contributed by atoms with Gasteiger partial charge >= 0.3 is 0 Å². The molecule has 0 aliphatic heterocycles. The van der Waals surface area contributed by atoms with E-state index in [4.69, 9.17) is 4.42 Å². The summed E-state index contributed by atoms with van der Waals surface area (Å²) in [6.45, 7) is 3.73. The van der Waals surface area contributed by atoms with E-state index in [-0.39, 0.29) is 5.82 Å². The molecule has 0 radical (unpaired) electrons. The highest BCUT2D eigenvalue weighted by Crippen LogP contribution is 2.25. The lowest BCUT2D eigenvalue weighted by Crippen LogP contribution is -1.78. The van der Waals surface area contributed by atoms with Gasteiger partial charge in [-0.2, -0.15) is 0 Å². The Morgan fingerprint density at radius 3 is 2.21 bits per heavy atom. The first-order chi connectivity index (χ1) is 6.66. The second-order valence-corrected chi connectivity index (χ2v) is 3.40. The summed E-state index contributed by atoms with van der Waals surface area (Å²) in [5.41, 5.74) is 1.93. The number of rotatable bonds is 1. The Balaban J connectivity index is 2.49. The summed E-state index contributed by atoms with van der Waals surface area (Å²) in [4.78, 5) is 0. The normalized spacial score (nSPS) is 10.5. The largest absolute Gasteiger partial charge is 0.458 e. The number of aryl methyl sites for hydroxylation is 2. The van der Waals surface area contributed by atoms with Gasteiger partial charge in [0.25, 0.3) is 0 Å². The Labute approximate surface area is 82.2 Å². The molecule has 1 heterocycles. The Bertz CT molecular complexity index is 440. The van der Waals surface area contributed by atoms with Gasteiger partial charge in [-0.3, -0.25) is 0 Å². The van der Waals surface area contributed by atoms with Crippen LogP contribution in [0.5, 0.6) is 0 Å². The molecular formula is C12H11FO. The SMILES string of the molecule is Cc1ccc(-c2oc(C)cc2F)cc1. The molecule has 0 bridgehead atoms. The molecule has 2 rings (SSSR count). The molecule has 1 nitrogen and oxygen atoms in total. The van der Waals surface area contributed by atoms with Crippen LogP contribution in [0.1, 0.15) is 11.3 Å². The van der Waals surface area contributed by atoms with Gasteiger partial charge in [0.05, 0.1) is 0 Å². The summed E-state index contributed by atoms with van der Waals surface area (Å²) in [6, 6.07) is 8.99. The number of hydrogen-bond donors (Lipinski definition) is 0. The Morgan fingerprint density at radius 2 is 1.71 bits per heavy atom. The smallest absolute Gasteiger partial charge is 0.169 e. The summed E-state index contributed by atoms with van der Waals surface area (Å²) in [5.74, 6) is 0.618. The van der Waals surface area contributed by atoms with Gasteiger partial charge < -0.3 is 4.42 Å². The molecule has 1 aromatic heterocycles. The van der Waals surface area contributed by atoms with Crippen molar-refractivity contribution in [1.29, 1.82) is 0 Å². The number of benzene rings is 1. The van der Waals surface area contributed by atoms with Gasteiger partial charge in [-0.1, -0.05) is 29.8 Å². The molecule has 2 aromatic rings. The molecule has 0 saturated carbocycles. The molecule has 0 N–H and O–H groups in total. The van der Waals surface area contributed by atoms with E-state index >= 15 is 0 Å². The topological polar surface area (TPSA) is 13.1 Å². The van der Waals surface area contributed by atoms with Gasteiger partial charge in [0.15, 0.2) is 11.6 Å². The first-order valence-electron chi connectivity index (χ1n) is 4.50. The zero-order chi connectivity index (χ0) is 10.1. The van der Waals surface area contributed by atoms with Gasteiger partial charge in [-0.15, -0.1) is 0 Å². The van der Waals surface area contributed by atoms with Crippen molar-refractivity contribution in [2.75, 3.05) is 0 Å². The highest BCUT2D eigenvalue weighted by atomic mass is 19.1. The van der Waals surface area contributed by atoms with Crippen molar-refractivity contribution in [2.24, 2.45) is 0 Å². The van der Waals surface area contributed by atoms with E-state index in [1.807, 2.05) is 31.2 Å². The molecule has 72 valence electrons. The second kappa shape index (κ2) is 3.29. The predicted octanol–water partition coefficient (Wildman–Crippen LogP) is 3.70. The van der Waals surface area contributed by atoms with Crippen LogP contribution in [0.4, 0.5) is 4.39 Å².